The lowest BCUT2D eigenvalue weighted by Gasteiger charge is -2.05. The molecule has 118 valence electrons. The van der Waals surface area contributed by atoms with Crippen LogP contribution in [0.25, 0.3) is 17.0 Å². The maximum absolute atomic E-state index is 12.4. The number of anilines is 1. The summed E-state index contributed by atoms with van der Waals surface area (Å²) in [4.78, 5) is 15.7. The number of aromatic amines is 1. The summed E-state index contributed by atoms with van der Waals surface area (Å²) in [5.41, 5.74) is 3.44. The number of halogens is 1. The first-order chi connectivity index (χ1) is 11.6. The van der Waals surface area contributed by atoms with Crippen LogP contribution in [0.3, 0.4) is 0 Å². The fourth-order valence-electron chi connectivity index (χ4n) is 2.54. The monoisotopic (exact) mass is 379 g/mol. The van der Waals surface area contributed by atoms with E-state index in [1.165, 1.54) is 0 Å². The molecule has 0 saturated heterocycles. The number of aromatic nitrogens is 1. The van der Waals surface area contributed by atoms with Gasteiger partial charge in [0.25, 0.3) is 5.91 Å². The molecule has 1 heterocycles. The van der Waals surface area contributed by atoms with E-state index < -0.39 is 5.91 Å². The molecule has 2 N–H and O–H groups in total. The van der Waals surface area contributed by atoms with Gasteiger partial charge in [-0.05, 0) is 37.3 Å². The van der Waals surface area contributed by atoms with Gasteiger partial charge >= 0.3 is 0 Å². The first-order valence-corrected chi connectivity index (χ1v) is 8.14. The molecule has 5 heteroatoms. The van der Waals surface area contributed by atoms with Crippen molar-refractivity contribution < 1.29 is 4.79 Å². The van der Waals surface area contributed by atoms with Gasteiger partial charge in [-0.15, -0.1) is 0 Å². The lowest BCUT2D eigenvalue weighted by molar-refractivity contribution is -0.112. The number of nitrogens with one attached hydrogen (secondary N) is 2. The number of nitrogens with zero attached hydrogens (tertiary/aromatic N) is 1. The van der Waals surface area contributed by atoms with Crippen molar-refractivity contribution in [1.29, 1.82) is 5.26 Å². The number of para-hydroxylation sites is 1. The Balaban J connectivity index is 1.95. The molecule has 3 aromatic rings. The topological polar surface area (TPSA) is 68.7 Å². The van der Waals surface area contributed by atoms with E-state index >= 15 is 0 Å². The van der Waals surface area contributed by atoms with Gasteiger partial charge in [0.15, 0.2) is 0 Å². The first-order valence-electron chi connectivity index (χ1n) is 7.34. The molecule has 4 nitrogen and oxygen atoms in total. The highest BCUT2D eigenvalue weighted by Gasteiger charge is 2.13. The smallest absolute Gasteiger partial charge is 0.266 e. The summed E-state index contributed by atoms with van der Waals surface area (Å²) in [6.07, 6.45) is 1.63. The quantitative estimate of drug-likeness (QED) is 0.507. The molecule has 0 radical (unpaired) electrons. The summed E-state index contributed by atoms with van der Waals surface area (Å²) >= 11 is 3.36. The van der Waals surface area contributed by atoms with Gasteiger partial charge in [-0.2, -0.15) is 5.26 Å². The predicted octanol–water partition coefficient (Wildman–Crippen LogP) is 4.78. The number of fused-ring (bicyclic) bond motifs is 1. The molecule has 0 aliphatic carbocycles. The van der Waals surface area contributed by atoms with Crippen molar-refractivity contribution in [3.8, 4) is 6.07 Å². The third-order valence-electron chi connectivity index (χ3n) is 3.68. The van der Waals surface area contributed by atoms with Gasteiger partial charge in [0.1, 0.15) is 11.6 Å². The number of rotatable bonds is 3. The van der Waals surface area contributed by atoms with Crippen molar-refractivity contribution in [3.63, 3.8) is 0 Å². The fourth-order valence-corrected chi connectivity index (χ4v) is 2.94. The number of hydrogen-bond acceptors (Lipinski definition) is 2. The maximum atomic E-state index is 12.4. The van der Waals surface area contributed by atoms with Crippen LogP contribution in [-0.2, 0) is 4.79 Å². The number of benzene rings is 2. The van der Waals surface area contributed by atoms with Crippen molar-refractivity contribution in [2.75, 3.05) is 5.32 Å². The Labute approximate surface area is 147 Å². The highest BCUT2D eigenvalue weighted by Crippen LogP contribution is 2.24. The van der Waals surface area contributed by atoms with Gasteiger partial charge in [-0.1, -0.05) is 40.2 Å². The summed E-state index contributed by atoms with van der Waals surface area (Å²) in [5, 5.41) is 13.1. The predicted molar refractivity (Wildman–Crippen MR) is 99.4 cm³/mol. The molecular weight excluding hydrogens is 366 g/mol. The Morgan fingerprint density at radius 1 is 1.25 bits per heavy atom. The van der Waals surface area contributed by atoms with E-state index in [0.717, 1.165) is 26.6 Å². The molecule has 0 saturated carbocycles. The van der Waals surface area contributed by atoms with Gasteiger partial charge in [0.05, 0.1) is 0 Å². The third-order valence-corrected chi connectivity index (χ3v) is 4.17. The summed E-state index contributed by atoms with van der Waals surface area (Å²) in [5.74, 6) is -0.430. The van der Waals surface area contributed by atoms with Crippen molar-refractivity contribution in [2.24, 2.45) is 0 Å². The van der Waals surface area contributed by atoms with Gasteiger partial charge in [-0.25, -0.2) is 0 Å². The van der Waals surface area contributed by atoms with Crippen LogP contribution in [0.1, 0.15) is 11.3 Å². The molecular formula is C19H14BrN3O. The standard InChI is InChI=1S/C19H14BrN3O/c1-12-17(16-7-2-3-8-18(16)22-12)9-13(11-21)19(24)23-15-6-4-5-14(20)10-15/h2-10,22H,1H3,(H,23,24)/b13-9-. The number of carbonyl (C=O) groups excluding carboxylic acids is 1. The van der Waals surface area contributed by atoms with Gasteiger partial charge in [-0.3, -0.25) is 4.79 Å². The van der Waals surface area contributed by atoms with E-state index in [4.69, 9.17) is 0 Å². The number of nitriles is 1. The molecule has 1 amide bonds. The second kappa shape index (κ2) is 6.73. The van der Waals surface area contributed by atoms with E-state index in [2.05, 4.69) is 26.2 Å². The Kier molecular flexibility index (Phi) is 4.50. The van der Waals surface area contributed by atoms with E-state index in [1.807, 2.05) is 49.4 Å². The second-order valence-electron chi connectivity index (χ2n) is 5.34. The van der Waals surface area contributed by atoms with Crippen molar-refractivity contribution in [2.45, 2.75) is 6.92 Å². The van der Waals surface area contributed by atoms with Crippen LogP contribution in [0, 0.1) is 18.3 Å². The number of amides is 1. The molecule has 0 bridgehead atoms. The molecule has 2 aromatic carbocycles. The normalized spacial score (nSPS) is 11.3. The summed E-state index contributed by atoms with van der Waals surface area (Å²) < 4.78 is 0.857. The van der Waals surface area contributed by atoms with Crippen LogP contribution in [0.5, 0.6) is 0 Å². The minimum Gasteiger partial charge on any atom is -0.358 e. The van der Waals surface area contributed by atoms with Crippen LogP contribution in [-0.4, -0.2) is 10.9 Å². The first kappa shape index (κ1) is 16.0. The highest BCUT2D eigenvalue weighted by molar-refractivity contribution is 9.10. The van der Waals surface area contributed by atoms with Crippen molar-refractivity contribution in [1.82, 2.24) is 4.98 Å². The van der Waals surface area contributed by atoms with Crippen LogP contribution in [0.2, 0.25) is 0 Å². The average molecular weight is 380 g/mol. The molecule has 0 fully saturated rings. The van der Waals surface area contributed by atoms with E-state index in [9.17, 15) is 10.1 Å². The van der Waals surface area contributed by atoms with Crippen molar-refractivity contribution >= 4 is 44.5 Å². The average Bonchev–Trinajstić information content (AvgIpc) is 2.87. The van der Waals surface area contributed by atoms with E-state index in [1.54, 1.807) is 18.2 Å². The molecule has 0 aliphatic heterocycles. The summed E-state index contributed by atoms with van der Waals surface area (Å²) in [7, 11) is 0. The third kappa shape index (κ3) is 3.24. The Morgan fingerprint density at radius 2 is 2.04 bits per heavy atom. The second-order valence-corrected chi connectivity index (χ2v) is 6.26. The molecule has 24 heavy (non-hydrogen) atoms. The molecule has 0 atom stereocenters. The van der Waals surface area contributed by atoms with Crippen LogP contribution < -0.4 is 5.32 Å². The maximum Gasteiger partial charge on any atom is 0.266 e. The molecule has 0 unspecified atom stereocenters. The number of carbonyl (C=O) groups is 1. The molecule has 0 aliphatic rings. The van der Waals surface area contributed by atoms with Crippen LogP contribution >= 0.6 is 15.9 Å². The minimum atomic E-state index is -0.430. The van der Waals surface area contributed by atoms with E-state index in [-0.39, 0.29) is 5.57 Å². The lowest BCUT2D eigenvalue weighted by Crippen LogP contribution is -2.13. The Bertz CT molecular complexity index is 995. The zero-order chi connectivity index (χ0) is 17.1. The van der Waals surface area contributed by atoms with Crippen molar-refractivity contribution in [3.05, 3.63) is 69.8 Å². The molecule has 1 aromatic heterocycles. The molecule has 0 spiro atoms. The van der Waals surface area contributed by atoms with Gasteiger partial charge in [0.2, 0.25) is 0 Å². The number of aryl methyl sites for hydroxylation is 1. The van der Waals surface area contributed by atoms with Crippen LogP contribution in [0.15, 0.2) is 58.6 Å². The van der Waals surface area contributed by atoms with Gasteiger partial charge in [0, 0.05) is 32.3 Å². The summed E-state index contributed by atoms with van der Waals surface area (Å²) in [6, 6.07) is 17.0. The van der Waals surface area contributed by atoms with Gasteiger partial charge < -0.3 is 10.3 Å². The van der Waals surface area contributed by atoms with E-state index in [0.29, 0.717) is 5.69 Å². The highest BCUT2D eigenvalue weighted by atomic mass is 79.9. The number of hydrogen-bond donors (Lipinski definition) is 2. The van der Waals surface area contributed by atoms with Crippen LogP contribution in [0.4, 0.5) is 5.69 Å². The lowest BCUT2D eigenvalue weighted by atomic mass is 10.1. The SMILES string of the molecule is Cc1[nH]c2ccccc2c1/C=C(/C#N)C(=O)Nc1cccc(Br)c1. The number of H-pyrrole nitrogens is 1. The molecule has 3 rings (SSSR count). The zero-order valence-electron chi connectivity index (χ0n) is 12.9. The Morgan fingerprint density at radius 3 is 2.79 bits per heavy atom. The minimum absolute atomic E-state index is 0.0582. The summed E-state index contributed by atoms with van der Waals surface area (Å²) in [6.45, 7) is 1.92. The zero-order valence-corrected chi connectivity index (χ0v) is 14.5. The Hall–Kier alpha value is -2.84. The fraction of sp³-hybridized carbons (Fsp3) is 0.0526. The largest absolute Gasteiger partial charge is 0.358 e.